The Bertz CT molecular complexity index is 587. The van der Waals surface area contributed by atoms with Crippen molar-refractivity contribution in [2.45, 2.75) is 38.3 Å². The van der Waals surface area contributed by atoms with E-state index in [-0.39, 0.29) is 0 Å². The molecule has 4 aliphatic rings. The van der Waals surface area contributed by atoms with Gasteiger partial charge in [0.05, 0.1) is 0 Å². The zero-order chi connectivity index (χ0) is 15.4. The van der Waals surface area contributed by atoms with Crippen LogP contribution in [0.2, 0.25) is 0 Å². The molecule has 0 aliphatic carbocycles. The summed E-state index contributed by atoms with van der Waals surface area (Å²) in [6.45, 7) is 6.51. The Morgan fingerprint density at radius 2 is 1.87 bits per heavy atom. The van der Waals surface area contributed by atoms with Crippen molar-refractivity contribution in [2.24, 2.45) is 17.8 Å². The maximum Gasteiger partial charge on any atom is 0.231 e. The highest BCUT2D eigenvalue weighted by molar-refractivity contribution is 5.44. The summed E-state index contributed by atoms with van der Waals surface area (Å²) in [5, 5.41) is 3.61. The van der Waals surface area contributed by atoms with Gasteiger partial charge in [-0.3, -0.25) is 4.90 Å². The number of fused-ring (bicyclic) bond motifs is 6. The van der Waals surface area contributed by atoms with Crippen LogP contribution in [0.4, 0.5) is 0 Å². The van der Waals surface area contributed by atoms with Gasteiger partial charge in [0.25, 0.3) is 0 Å². The van der Waals surface area contributed by atoms with Gasteiger partial charge in [-0.25, -0.2) is 0 Å². The normalized spacial score (nSPS) is 35.7. The Kier molecular flexibility index (Phi) is 3.30. The van der Waals surface area contributed by atoms with Gasteiger partial charge in [0.1, 0.15) is 0 Å². The van der Waals surface area contributed by atoms with Crippen molar-refractivity contribution in [2.75, 3.05) is 26.4 Å². The molecule has 3 fully saturated rings. The van der Waals surface area contributed by atoms with Crippen LogP contribution < -0.4 is 14.8 Å². The molecule has 2 bridgehead atoms. The van der Waals surface area contributed by atoms with E-state index in [2.05, 4.69) is 35.3 Å². The molecule has 3 saturated heterocycles. The molecule has 4 heteroatoms. The Labute approximate surface area is 138 Å². The summed E-state index contributed by atoms with van der Waals surface area (Å²) in [4.78, 5) is 2.85. The van der Waals surface area contributed by atoms with Gasteiger partial charge in [-0.05, 0) is 67.8 Å². The van der Waals surface area contributed by atoms with E-state index in [1.54, 1.807) is 0 Å². The molecule has 1 aromatic carbocycles. The van der Waals surface area contributed by atoms with Gasteiger partial charge in [0.2, 0.25) is 6.79 Å². The third-order valence-electron chi connectivity index (χ3n) is 6.45. The molecule has 124 valence electrons. The third-order valence-corrected chi connectivity index (χ3v) is 6.45. The lowest BCUT2D eigenvalue weighted by Crippen LogP contribution is -2.37. The van der Waals surface area contributed by atoms with E-state index < -0.39 is 0 Å². The fourth-order valence-electron chi connectivity index (χ4n) is 5.57. The Morgan fingerprint density at radius 1 is 1.13 bits per heavy atom. The van der Waals surface area contributed by atoms with Crippen molar-refractivity contribution >= 4 is 0 Å². The van der Waals surface area contributed by atoms with Crippen molar-refractivity contribution in [1.82, 2.24) is 10.2 Å². The summed E-state index contributed by atoms with van der Waals surface area (Å²) in [5.41, 5.74) is 1.37. The van der Waals surface area contributed by atoms with Crippen LogP contribution in [0.25, 0.3) is 0 Å². The number of rotatable bonds is 4. The second-order valence-corrected chi connectivity index (χ2v) is 7.89. The summed E-state index contributed by atoms with van der Waals surface area (Å²) < 4.78 is 10.9. The number of nitrogens with one attached hydrogen (secondary N) is 1. The van der Waals surface area contributed by atoms with Crippen molar-refractivity contribution in [3.8, 4) is 11.5 Å². The summed E-state index contributed by atoms with van der Waals surface area (Å²) >= 11 is 0. The Morgan fingerprint density at radius 3 is 2.65 bits per heavy atom. The quantitative estimate of drug-likeness (QED) is 0.924. The van der Waals surface area contributed by atoms with Gasteiger partial charge in [0.15, 0.2) is 11.5 Å². The minimum Gasteiger partial charge on any atom is -0.454 e. The molecular weight excluding hydrogens is 288 g/mol. The predicted molar refractivity (Wildman–Crippen MR) is 88.8 cm³/mol. The fourth-order valence-corrected chi connectivity index (χ4v) is 5.57. The van der Waals surface area contributed by atoms with Crippen LogP contribution in [0, 0.1) is 17.8 Å². The van der Waals surface area contributed by atoms with Gasteiger partial charge in [-0.1, -0.05) is 13.0 Å². The summed E-state index contributed by atoms with van der Waals surface area (Å²) in [6.07, 6.45) is 3.97. The minimum absolute atomic E-state index is 0.363. The van der Waals surface area contributed by atoms with Crippen LogP contribution in [0.5, 0.6) is 11.5 Å². The molecule has 0 radical (unpaired) electrons. The Hall–Kier alpha value is -1.26. The number of hydrogen-bond acceptors (Lipinski definition) is 4. The second-order valence-electron chi connectivity index (χ2n) is 7.89. The number of nitrogens with zero attached hydrogens (tertiary/aromatic N) is 1. The molecule has 0 aromatic heterocycles. The molecule has 5 atom stereocenters. The monoisotopic (exact) mass is 314 g/mol. The van der Waals surface area contributed by atoms with E-state index >= 15 is 0 Å². The van der Waals surface area contributed by atoms with E-state index in [0.717, 1.165) is 41.8 Å². The molecule has 4 aliphatic heterocycles. The Balaban J connectivity index is 1.25. The largest absolute Gasteiger partial charge is 0.454 e. The van der Waals surface area contributed by atoms with Crippen LogP contribution in [-0.4, -0.2) is 43.4 Å². The minimum atomic E-state index is 0.363. The number of ether oxygens (including phenoxy) is 2. The molecule has 4 heterocycles. The van der Waals surface area contributed by atoms with Gasteiger partial charge in [0, 0.05) is 18.6 Å². The zero-order valence-corrected chi connectivity index (χ0v) is 13.8. The molecule has 1 N–H and O–H groups in total. The fraction of sp³-hybridized carbons (Fsp3) is 0.684. The van der Waals surface area contributed by atoms with Crippen molar-refractivity contribution < 1.29 is 9.47 Å². The maximum atomic E-state index is 5.51. The molecule has 1 aromatic rings. The topological polar surface area (TPSA) is 33.7 Å². The average molecular weight is 314 g/mol. The molecule has 4 nitrogen and oxygen atoms in total. The summed E-state index contributed by atoms with van der Waals surface area (Å²) in [7, 11) is 0. The lowest BCUT2D eigenvalue weighted by Gasteiger charge is -2.27. The average Bonchev–Trinajstić information content (AvgIpc) is 3.28. The van der Waals surface area contributed by atoms with Crippen molar-refractivity contribution in [1.29, 1.82) is 0 Å². The number of benzene rings is 1. The van der Waals surface area contributed by atoms with Gasteiger partial charge in [-0.2, -0.15) is 0 Å². The number of hydrogen-bond donors (Lipinski definition) is 1. The predicted octanol–water partition coefficient (Wildman–Crippen LogP) is 2.28. The van der Waals surface area contributed by atoms with Crippen LogP contribution in [0.1, 0.15) is 25.3 Å². The van der Waals surface area contributed by atoms with E-state index in [1.165, 1.54) is 38.0 Å². The van der Waals surface area contributed by atoms with Crippen molar-refractivity contribution in [3.05, 3.63) is 23.8 Å². The maximum absolute atomic E-state index is 5.51. The SMILES string of the molecule is CC(Cc1ccc2c(c1)OCO2)CN1[C@@H]2CC[C@H]1[C@H]1CNC[C@H]12. The van der Waals surface area contributed by atoms with Gasteiger partial charge >= 0.3 is 0 Å². The van der Waals surface area contributed by atoms with Gasteiger partial charge < -0.3 is 14.8 Å². The first-order valence-electron chi connectivity index (χ1n) is 9.14. The first-order chi connectivity index (χ1) is 11.3. The first kappa shape index (κ1) is 14.1. The smallest absolute Gasteiger partial charge is 0.231 e. The molecular formula is C19H26N2O2. The van der Waals surface area contributed by atoms with Gasteiger partial charge in [-0.15, -0.1) is 0 Å². The molecule has 1 unspecified atom stereocenters. The molecule has 0 spiro atoms. The van der Waals surface area contributed by atoms with Crippen LogP contribution in [-0.2, 0) is 6.42 Å². The molecule has 0 saturated carbocycles. The second kappa shape index (κ2) is 5.38. The summed E-state index contributed by atoms with van der Waals surface area (Å²) in [5.74, 6) is 4.33. The van der Waals surface area contributed by atoms with E-state index in [0.29, 0.717) is 12.7 Å². The third kappa shape index (κ3) is 2.26. The first-order valence-corrected chi connectivity index (χ1v) is 9.14. The lowest BCUT2D eigenvalue weighted by molar-refractivity contribution is 0.174. The van der Waals surface area contributed by atoms with E-state index in [4.69, 9.17) is 9.47 Å². The highest BCUT2D eigenvalue weighted by Gasteiger charge is 2.54. The van der Waals surface area contributed by atoms with Crippen LogP contribution in [0.3, 0.4) is 0 Å². The summed E-state index contributed by atoms with van der Waals surface area (Å²) in [6, 6.07) is 8.11. The molecule has 23 heavy (non-hydrogen) atoms. The highest BCUT2D eigenvalue weighted by Crippen LogP contribution is 2.47. The van der Waals surface area contributed by atoms with E-state index in [9.17, 15) is 0 Å². The van der Waals surface area contributed by atoms with Crippen LogP contribution in [0.15, 0.2) is 18.2 Å². The highest BCUT2D eigenvalue weighted by atomic mass is 16.7. The van der Waals surface area contributed by atoms with Crippen LogP contribution >= 0.6 is 0 Å². The molecule has 0 amide bonds. The standard InChI is InChI=1S/C19H26N2O2/c1-12(6-13-2-5-18-19(7-13)23-11-22-18)10-21-16-3-4-17(21)15-9-20-8-14(15)16/h2,5,7,12,14-17,20H,3-4,6,8-11H2,1H3/t12?,14-,15+,16-,17+. The van der Waals surface area contributed by atoms with E-state index in [1.807, 2.05) is 0 Å². The lowest BCUT2D eigenvalue weighted by atomic mass is 9.82. The van der Waals surface area contributed by atoms with Crippen molar-refractivity contribution in [3.63, 3.8) is 0 Å². The zero-order valence-electron chi connectivity index (χ0n) is 13.8. The molecule has 5 rings (SSSR count).